The molecule has 3 amide bonds. The first-order valence-electron chi connectivity index (χ1n) is 7.52. The van der Waals surface area contributed by atoms with Crippen molar-refractivity contribution in [1.82, 2.24) is 20.4 Å². The maximum atomic E-state index is 13.1. The van der Waals surface area contributed by atoms with E-state index in [9.17, 15) is 14.0 Å². The number of likely N-dealkylation sites (N-methyl/N-ethyl adjacent to an activating group) is 1. The van der Waals surface area contributed by atoms with Gasteiger partial charge in [-0.3, -0.25) is 15.1 Å². The average Bonchev–Trinajstić information content (AvgIpc) is 2.92. The molecule has 1 aromatic carbocycles. The predicted molar refractivity (Wildman–Crippen MR) is 83.3 cm³/mol. The summed E-state index contributed by atoms with van der Waals surface area (Å²) in [6.45, 7) is 0.348. The van der Waals surface area contributed by atoms with Gasteiger partial charge in [-0.05, 0) is 17.7 Å². The van der Waals surface area contributed by atoms with Gasteiger partial charge >= 0.3 is 6.03 Å². The number of rotatable bonds is 4. The second-order valence-electron chi connectivity index (χ2n) is 5.62. The molecule has 2 unspecified atom stereocenters. The molecule has 0 saturated carbocycles. The van der Waals surface area contributed by atoms with Crippen molar-refractivity contribution in [3.05, 3.63) is 35.6 Å². The molecule has 3 N–H and O–H groups in total. The first kappa shape index (κ1) is 16.2. The fraction of sp³-hybridized carbons (Fsp3) is 0.400. The Morgan fingerprint density at radius 3 is 2.67 bits per heavy atom. The van der Waals surface area contributed by atoms with Gasteiger partial charge < -0.3 is 20.2 Å². The van der Waals surface area contributed by atoms with Gasteiger partial charge in [0.25, 0.3) is 5.91 Å². The summed E-state index contributed by atoms with van der Waals surface area (Å²) in [5.41, 5.74) is 0.794. The van der Waals surface area contributed by atoms with Crippen molar-refractivity contribution in [2.45, 2.75) is 18.8 Å². The van der Waals surface area contributed by atoms with Gasteiger partial charge in [0.05, 0.1) is 13.2 Å². The van der Waals surface area contributed by atoms with Gasteiger partial charge in [-0.2, -0.15) is 0 Å². The number of urea groups is 1. The Hall–Kier alpha value is -2.68. The molecule has 0 radical (unpaired) electrons. The number of hydrogen-bond acceptors (Lipinski definition) is 4. The maximum absolute atomic E-state index is 13.1. The summed E-state index contributed by atoms with van der Waals surface area (Å²) in [4.78, 5) is 31.4. The van der Waals surface area contributed by atoms with E-state index in [1.54, 1.807) is 24.1 Å². The van der Waals surface area contributed by atoms with Crippen LogP contribution >= 0.6 is 0 Å². The van der Waals surface area contributed by atoms with Gasteiger partial charge in [-0.15, -0.1) is 0 Å². The largest absolute Gasteiger partial charge is 0.394 e. The van der Waals surface area contributed by atoms with E-state index >= 15 is 0 Å². The molecule has 24 heavy (non-hydrogen) atoms. The van der Waals surface area contributed by atoms with Gasteiger partial charge in [-0.25, -0.2) is 9.18 Å². The fourth-order valence-corrected chi connectivity index (χ4v) is 2.84. The SMILES string of the molecule is CN1C(=O)NC(=O)C2C1NC(=NCCO)N2Cc1ccc(F)cc1. The minimum absolute atomic E-state index is 0.133. The number of aliphatic hydroxyl groups excluding tert-OH is 1. The summed E-state index contributed by atoms with van der Waals surface area (Å²) in [5, 5.41) is 14.4. The lowest BCUT2D eigenvalue weighted by Crippen LogP contribution is -2.64. The van der Waals surface area contributed by atoms with E-state index < -0.39 is 24.1 Å². The minimum Gasteiger partial charge on any atom is -0.394 e. The number of aliphatic imine (C=N–C) groups is 1. The highest BCUT2D eigenvalue weighted by Crippen LogP contribution is 2.22. The monoisotopic (exact) mass is 335 g/mol. The molecule has 2 atom stereocenters. The van der Waals surface area contributed by atoms with Gasteiger partial charge in [0.1, 0.15) is 12.0 Å². The van der Waals surface area contributed by atoms with Gasteiger partial charge in [-0.1, -0.05) is 12.1 Å². The average molecular weight is 335 g/mol. The Morgan fingerprint density at radius 1 is 1.29 bits per heavy atom. The zero-order valence-corrected chi connectivity index (χ0v) is 13.1. The number of amides is 3. The van der Waals surface area contributed by atoms with Crippen molar-refractivity contribution in [3.63, 3.8) is 0 Å². The van der Waals surface area contributed by atoms with Crippen molar-refractivity contribution in [3.8, 4) is 0 Å². The fourth-order valence-electron chi connectivity index (χ4n) is 2.84. The van der Waals surface area contributed by atoms with Crippen LogP contribution in [0.25, 0.3) is 0 Å². The number of fused-ring (bicyclic) bond motifs is 1. The Bertz CT molecular complexity index is 678. The number of guanidine groups is 1. The number of halogens is 1. The normalized spacial score (nSPS) is 24.9. The van der Waals surface area contributed by atoms with E-state index in [4.69, 9.17) is 5.11 Å². The molecule has 2 aliphatic rings. The molecule has 1 aromatic rings. The lowest BCUT2D eigenvalue weighted by atomic mass is 10.1. The number of hydrogen-bond donors (Lipinski definition) is 3. The summed E-state index contributed by atoms with van der Waals surface area (Å²) in [6.07, 6.45) is -0.552. The standard InChI is InChI=1S/C15H18FN5O3/c1-20-12-11(13(23)19-15(20)24)21(14(18-12)17-6-7-22)8-9-2-4-10(16)5-3-9/h2-5,11-12,22H,6-8H2,1H3,(H,17,18)(H,19,23,24). The molecule has 0 aliphatic carbocycles. The van der Waals surface area contributed by atoms with E-state index in [-0.39, 0.29) is 19.0 Å². The highest BCUT2D eigenvalue weighted by molar-refractivity contribution is 6.04. The van der Waals surface area contributed by atoms with Crippen molar-refractivity contribution in [2.75, 3.05) is 20.2 Å². The second kappa shape index (κ2) is 6.44. The highest BCUT2D eigenvalue weighted by atomic mass is 19.1. The number of nitrogens with zero attached hydrogens (tertiary/aromatic N) is 3. The molecule has 8 nitrogen and oxygen atoms in total. The van der Waals surface area contributed by atoms with Crippen LogP contribution in [0.5, 0.6) is 0 Å². The van der Waals surface area contributed by atoms with Crippen molar-refractivity contribution in [2.24, 2.45) is 4.99 Å². The molecule has 2 saturated heterocycles. The summed E-state index contributed by atoms with van der Waals surface area (Å²) in [7, 11) is 1.58. The van der Waals surface area contributed by atoms with Crippen molar-refractivity contribution < 1.29 is 19.1 Å². The van der Waals surface area contributed by atoms with Crippen molar-refractivity contribution >= 4 is 17.9 Å². The number of carbonyl (C=O) groups excluding carboxylic acids is 2. The minimum atomic E-state index is -0.657. The summed E-state index contributed by atoms with van der Waals surface area (Å²) in [6, 6.07) is 4.80. The van der Waals surface area contributed by atoms with E-state index in [1.807, 2.05) is 0 Å². The molecule has 0 aromatic heterocycles. The van der Waals surface area contributed by atoms with Crippen LogP contribution in [0, 0.1) is 5.82 Å². The summed E-state index contributed by atoms with van der Waals surface area (Å²) >= 11 is 0. The molecular weight excluding hydrogens is 317 g/mol. The number of imide groups is 1. The maximum Gasteiger partial charge on any atom is 0.325 e. The third-order valence-corrected chi connectivity index (χ3v) is 4.05. The predicted octanol–water partition coefficient (Wildman–Crippen LogP) is -0.544. The van der Waals surface area contributed by atoms with Crippen LogP contribution in [-0.2, 0) is 11.3 Å². The third kappa shape index (κ3) is 2.90. The lowest BCUT2D eigenvalue weighted by Gasteiger charge is -2.35. The molecule has 3 rings (SSSR count). The lowest BCUT2D eigenvalue weighted by molar-refractivity contribution is -0.127. The Balaban J connectivity index is 1.91. The molecule has 128 valence electrons. The van der Waals surface area contributed by atoms with E-state index in [2.05, 4.69) is 15.6 Å². The van der Waals surface area contributed by atoms with Gasteiger partial charge in [0.2, 0.25) is 0 Å². The van der Waals surface area contributed by atoms with E-state index in [0.29, 0.717) is 12.5 Å². The summed E-state index contributed by atoms with van der Waals surface area (Å²) in [5.74, 6) is -0.349. The Morgan fingerprint density at radius 2 is 2.00 bits per heavy atom. The van der Waals surface area contributed by atoms with Crippen LogP contribution in [0.1, 0.15) is 5.56 Å². The van der Waals surface area contributed by atoms with Crippen LogP contribution in [0.3, 0.4) is 0 Å². The third-order valence-electron chi connectivity index (χ3n) is 4.05. The zero-order chi connectivity index (χ0) is 17.3. The van der Waals surface area contributed by atoms with Gasteiger partial charge in [0.15, 0.2) is 12.0 Å². The smallest absolute Gasteiger partial charge is 0.325 e. The first-order chi connectivity index (χ1) is 11.5. The number of nitrogens with one attached hydrogen (secondary N) is 2. The topological polar surface area (TPSA) is 97.3 Å². The highest BCUT2D eigenvalue weighted by Gasteiger charge is 2.49. The Kier molecular flexibility index (Phi) is 4.34. The summed E-state index contributed by atoms with van der Waals surface area (Å²) < 4.78 is 13.1. The van der Waals surface area contributed by atoms with Crippen LogP contribution < -0.4 is 10.6 Å². The van der Waals surface area contributed by atoms with Gasteiger partial charge in [0, 0.05) is 13.6 Å². The molecule has 2 heterocycles. The number of benzene rings is 1. The molecular formula is C15H18FN5O3. The molecule has 0 spiro atoms. The Labute approximate surface area is 138 Å². The molecule has 2 fully saturated rings. The van der Waals surface area contributed by atoms with Crippen LogP contribution in [0.15, 0.2) is 29.3 Å². The number of carbonyl (C=O) groups is 2. The molecule has 9 heteroatoms. The first-order valence-corrected chi connectivity index (χ1v) is 7.52. The van der Waals surface area contributed by atoms with Crippen LogP contribution in [0.4, 0.5) is 9.18 Å². The van der Waals surface area contributed by atoms with E-state index in [1.165, 1.54) is 17.0 Å². The quantitative estimate of drug-likeness (QED) is 0.686. The van der Waals surface area contributed by atoms with Crippen LogP contribution in [-0.4, -0.2) is 65.2 Å². The van der Waals surface area contributed by atoms with Crippen molar-refractivity contribution in [1.29, 1.82) is 0 Å². The number of aliphatic hydroxyl groups is 1. The molecule has 0 bridgehead atoms. The zero-order valence-electron chi connectivity index (χ0n) is 13.1. The molecule has 2 aliphatic heterocycles. The van der Waals surface area contributed by atoms with E-state index in [0.717, 1.165) is 5.56 Å². The van der Waals surface area contributed by atoms with Crippen LogP contribution in [0.2, 0.25) is 0 Å². The second-order valence-corrected chi connectivity index (χ2v) is 5.62.